The van der Waals surface area contributed by atoms with Gasteiger partial charge in [0.05, 0.1) is 11.8 Å². The second-order valence-corrected chi connectivity index (χ2v) is 5.55. The van der Waals surface area contributed by atoms with Crippen LogP contribution in [0.25, 0.3) is 0 Å². The Balaban J connectivity index is 2.08. The van der Waals surface area contributed by atoms with E-state index in [-0.39, 0.29) is 30.2 Å². The van der Waals surface area contributed by atoms with Crippen LogP contribution < -0.4 is 0 Å². The van der Waals surface area contributed by atoms with Gasteiger partial charge in [0.25, 0.3) is 0 Å². The lowest BCUT2D eigenvalue weighted by atomic mass is 10.00. The van der Waals surface area contributed by atoms with Gasteiger partial charge in [0.15, 0.2) is 0 Å². The molecule has 1 saturated carbocycles. The van der Waals surface area contributed by atoms with E-state index in [1.54, 1.807) is 6.92 Å². The largest absolute Gasteiger partial charge is 0.478 e. The summed E-state index contributed by atoms with van der Waals surface area (Å²) in [5.74, 6) is -1.16. The number of fused-ring (bicyclic) bond motifs is 1. The van der Waals surface area contributed by atoms with Gasteiger partial charge in [-0.15, -0.1) is 0 Å². The monoisotopic (exact) mass is 265 g/mol. The van der Waals surface area contributed by atoms with Crippen molar-refractivity contribution < 1.29 is 19.5 Å². The lowest BCUT2D eigenvalue weighted by Gasteiger charge is -2.17. The van der Waals surface area contributed by atoms with Crippen molar-refractivity contribution in [3.63, 3.8) is 0 Å². The molecule has 1 aliphatic heterocycles. The number of carboxylic acids is 1. The summed E-state index contributed by atoms with van der Waals surface area (Å²) in [6.07, 6.45) is 3.64. The number of amides is 2. The van der Waals surface area contributed by atoms with Crippen molar-refractivity contribution in [3.05, 3.63) is 11.6 Å². The van der Waals surface area contributed by atoms with Crippen LogP contribution in [-0.4, -0.2) is 34.3 Å². The lowest BCUT2D eigenvalue weighted by molar-refractivity contribution is -0.140. The topological polar surface area (TPSA) is 74.7 Å². The molecule has 1 heterocycles. The van der Waals surface area contributed by atoms with Crippen LogP contribution >= 0.6 is 0 Å². The van der Waals surface area contributed by atoms with Gasteiger partial charge in [-0.1, -0.05) is 13.3 Å². The lowest BCUT2D eigenvalue weighted by Crippen LogP contribution is -2.33. The third kappa shape index (κ3) is 2.55. The second kappa shape index (κ2) is 5.15. The van der Waals surface area contributed by atoms with E-state index in [0.29, 0.717) is 11.5 Å². The smallest absolute Gasteiger partial charge is 0.328 e. The number of rotatable bonds is 4. The number of carbonyl (C=O) groups excluding carboxylic acids is 2. The van der Waals surface area contributed by atoms with Gasteiger partial charge in [-0.3, -0.25) is 14.5 Å². The number of nitrogens with zero attached hydrogens (tertiary/aromatic N) is 1. The Labute approximate surface area is 112 Å². The minimum absolute atomic E-state index is 0.105. The Kier molecular flexibility index (Phi) is 3.73. The summed E-state index contributed by atoms with van der Waals surface area (Å²) in [5, 5.41) is 8.65. The van der Waals surface area contributed by atoms with E-state index in [1.807, 2.05) is 0 Å². The minimum atomic E-state index is -1.05. The summed E-state index contributed by atoms with van der Waals surface area (Å²) in [4.78, 5) is 36.2. The van der Waals surface area contributed by atoms with Crippen LogP contribution in [-0.2, 0) is 14.4 Å². The second-order valence-electron chi connectivity index (χ2n) is 5.55. The van der Waals surface area contributed by atoms with Gasteiger partial charge in [0, 0.05) is 12.6 Å². The average Bonchev–Trinajstić information content (AvgIpc) is 2.84. The molecule has 2 atom stereocenters. The van der Waals surface area contributed by atoms with Gasteiger partial charge in [0.1, 0.15) is 0 Å². The van der Waals surface area contributed by atoms with Gasteiger partial charge < -0.3 is 5.11 Å². The molecule has 1 saturated heterocycles. The van der Waals surface area contributed by atoms with Crippen molar-refractivity contribution in [2.75, 3.05) is 6.54 Å². The first-order valence-corrected chi connectivity index (χ1v) is 6.69. The number of aliphatic carboxylic acids is 1. The molecule has 1 N–H and O–H groups in total. The van der Waals surface area contributed by atoms with Crippen LogP contribution in [0, 0.1) is 17.8 Å². The molecular formula is C14H19NO4. The highest BCUT2D eigenvalue weighted by molar-refractivity contribution is 6.05. The Morgan fingerprint density at radius 3 is 2.26 bits per heavy atom. The van der Waals surface area contributed by atoms with Gasteiger partial charge in [-0.2, -0.15) is 0 Å². The van der Waals surface area contributed by atoms with Gasteiger partial charge >= 0.3 is 5.97 Å². The fraction of sp³-hybridized carbons (Fsp3) is 0.643. The molecule has 2 rings (SSSR count). The first-order chi connectivity index (χ1) is 8.93. The van der Waals surface area contributed by atoms with E-state index < -0.39 is 5.97 Å². The van der Waals surface area contributed by atoms with Crippen LogP contribution in [0.15, 0.2) is 11.6 Å². The molecule has 2 amide bonds. The van der Waals surface area contributed by atoms with E-state index >= 15 is 0 Å². The summed E-state index contributed by atoms with van der Waals surface area (Å²) in [6.45, 7) is 3.81. The average molecular weight is 265 g/mol. The molecule has 5 nitrogen and oxygen atoms in total. The van der Waals surface area contributed by atoms with E-state index in [1.165, 1.54) is 4.90 Å². The summed E-state index contributed by atoms with van der Waals surface area (Å²) in [5.41, 5.74) is 0.515. The Bertz CT molecular complexity index is 430. The number of hydrogen-bond donors (Lipinski definition) is 1. The summed E-state index contributed by atoms with van der Waals surface area (Å²) in [6, 6.07) is 0. The maximum absolute atomic E-state index is 12.2. The summed E-state index contributed by atoms with van der Waals surface area (Å²) >= 11 is 0. The zero-order valence-electron chi connectivity index (χ0n) is 11.3. The zero-order chi connectivity index (χ0) is 14.2. The number of hydrogen-bond acceptors (Lipinski definition) is 3. The van der Waals surface area contributed by atoms with Crippen molar-refractivity contribution in [2.24, 2.45) is 17.8 Å². The predicted molar refractivity (Wildman–Crippen MR) is 68.1 cm³/mol. The molecule has 0 aromatic rings. The molecule has 2 fully saturated rings. The Hall–Kier alpha value is -1.65. The van der Waals surface area contributed by atoms with Crippen molar-refractivity contribution in [2.45, 2.75) is 33.1 Å². The number of likely N-dealkylation sites (tertiary alicyclic amines) is 1. The van der Waals surface area contributed by atoms with E-state index in [0.717, 1.165) is 25.3 Å². The third-order valence-electron chi connectivity index (χ3n) is 4.18. The summed E-state index contributed by atoms with van der Waals surface area (Å²) < 4.78 is 0. The standard InChI is InChI=1S/C14H19NO4/c1-3-9-5-10-11(6-9)14(19)15(13(10)18)7-8(2)4-12(16)17/h4,9-11H,3,5-7H2,1-2H3,(H,16,17). The highest BCUT2D eigenvalue weighted by atomic mass is 16.4. The zero-order valence-corrected chi connectivity index (χ0v) is 11.3. The SMILES string of the molecule is CCC1CC2C(=O)N(CC(C)=CC(=O)O)C(=O)C2C1. The van der Waals surface area contributed by atoms with Gasteiger partial charge in [-0.25, -0.2) is 4.79 Å². The fourth-order valence-electron chi connectivity index (χ4n) is 3.19. The van der Waals surface area contributed by atoms with Crippen molar-refractivity contribution in [1.82, 2.24) is 4.90 Å². The molecule has 1 aliphatic carbocycles. The first kappa shape index (κ1) is 13.8. The quantitative estimate of drug-likeness (QED) is 0.616. The molecule has 104 valence electrons. The molecule has 5 heteroatoms. The van der Waals surface area contributed by atoms with Gasteiger partial charge in [-0.05, 0) is 31.3 Å². The molecule has 19 heavy (non-hydrogen) atoms. The molecule has 0 radical (unpaired) electrons. The molecule has 0 spiro atoms. The normalized spacial score (nSPS) is 30.9. The molecule has 0 bridgehead atoms. The maximum Gasteiger partial charge on any atom is 0.328 e. The molecule has 0 aromatic heterocycles. The molecule has 2 unspecified atom stereocenters. The maximum atomic E-state index is 12.2. The predicted octanol–water partition coefficient (Wildman–Crippen LogP) is 1.44. The van der Waals surface area contributed by atoms with Crippen molar-refractivity contribution in [3.8, 4) is 0 Å². The number of imide groups is 1. The molecule has 2 aliphatic rings. The van der Waals surface area contributed by atoms with Crippen molar-refractivity contribution >= 4 is 17.8 Å². The highest BCUT2D eigenvalue weighted by Crippen LogP contribution is 2.44. The Morgan fingerprint density at radius 1 is 1.32 bits per heavy atom. The number of carbonyl (C=O) groups is 3. The fourth-order valence-corrected chi connectivity index (χ4v) is 3.19. The number of carboxylic acid groups (broad SMARTS) is 1. The first-order valence-electron chi connectivity index (χ1n) is 6.69. The minimum Gasteiger partial charge on any atom is -0.478 e. The van der Waals surface area contributed by atoms with E-state index in [9.17, 15) is 14.4 Å². The van der Waals surface area contributed by atoms with E-state index in [4.69, 9.17) is 5.11 Å². The van der Waals surface area contributed by atoms with Crippen molar-refractivity contribution in [1.29, 1.82) is 0 Å². The van der Waals surface area contributed by atoms with E-state index in [2.05, 4.69) is 6.92 Å². The van der Waals surface area contributed by atoms with Crippen LogP contribution in [0.5, 0.6) is 0 Å². The highest BCUT2D eigenvalue weighted by Gasteiger charge is 2.51. The van der Waals surface area contributed by atoms with Gasteiger partial charge in [0.2, 0.25) is 11.8 Å². The third-order valence-corrected chi connectivity index (χ3v) is 4.18. The summed E-state index contributed by atoms with van der Waals surface area (Å²) in [7, 11) is 0. The van der Waals surface area contributed by atoms with Crippen LogP contribution in [0.1, 0.15) is 33.1 Å². The molecule has 0 aromatic carbocycles. The van der Waals surface area contributed by atoms with Crippen LogP contribution in [0.4, 0.5) is 0 Å². The molecular weight excluding hydrogens is 246 g/mol. The Morgan fingerprint density at radius 2 is 1.84 bits per heavy atom. The van der Waals surface area contributed by atoms with Crippen LogP contribution in [0.2, 0.25) is 0 Å². The van der Waals surface area contributed by atoms with Crippen LogP contribution in [0.3, 0.4) is 0 Å².